The number of ether oxygens (including phenoxy) is 3. The molecule has 0 bridgehead atoms. The maximum Gasteiger partial charge on any atom is 0.253 e. The highest BCUT2D eigenvalue weighted by molar-refractivity contribution is 6.13. The Balaban J connectivity index is 2.22. The lowest BCUT2D eigenvalue weighted by molar-refractivity contribution is -0.143. The van der Waals surface area contributed by atoms with Gasteiger partial charge in [0.15, 0.2) is 0 Å². The number of carbonyl (C=O) groups excluding carboxylic acids is 2. The molecule has 6 nitrogen and oxygen atoms in total. The van der Waals surface area contributed by atoms with Crippen molar-refractivity contribution >= 4 is 11.8 Å². The van der Waals surface area contributed by atoms with Crippen molar-refractivity contribution in [3.8, 4) is 0 Å². The minimum atomic E-state index is -0.368. The summed E-state index contributed by atoms with van der Waals surface area (Å²) in [7, 11) is 4.69. The fraction of sp³-hybridized carbons (Fsp3) is 0.667. The predicted octanol–water partition coefficient (Wildman–Crippen LogP) is -0.271. The van der Waals surface area contributed by atoms with Crippen molar-refractivity contribution in [2.24, 2.45) is 0 Å². The molecule has 0 saturated heterocycles. The normalized spacial score (nSPS) is 35.8. The first-order valence-electron chi connectivity index (χ1n) is 5.77. The van der Waals surface area contributed by atoms with Gasteiger partial charge in [-0.15, -0.1) is 0 Å². The molecule has 0 spiro atoms. The molecule has 0 aromatic rings. The molecular weight excluding hydrogens is 238 g/mol. The van der Waals surface area contributed by atoms with Crippen molar-refractivity contribution in [1.82, 2.24) is 4.90 Å². The molecule has 0 N–H and O–H groups in total. The Bertz CT molecular complexity index is 363. The number of imide groups is 1. The van der Waals surface area contributed by atoms with E-state index in [1.54, 1.807) is 21.3 Å². The number of rotatable bonds is 4. The van der Waals surface area contributed by atoms with E-state index in [0.29, 0.717) is 6.42 Å². The van der Waals surface area contributed by atoms with E-state index >= 15 is 0 Å². The summed E-state index contributed by atoms with van der Waals surface area (Å²) in [6.45, 7) is 0. The van der Waals surface area contributed by atoms with Crippen LogP contribution in [0.15, 0.2) is 12.2 Å². The van der Waals surface area contributed by atoms with Crippen LogP contribution in [0.5, 0.6) is 0 Å². The van der Waals surface area contributed by atoms with Crippen molar-refractivity contribution in [3.05, 3.63) is 12.2 Å². The molecule has 1 fully saturated rings. The zero-order chi connectivity index (χ0) is 13.3. The Morgan fingerprint density at radius 2 is 1.56 bits per heavy atom. The summed E-state index contributed by atoms with van der Waals surface area (Å²) < 4.78 is 16.1. The lowest BCUT2D eigenvalue weighted by Crippen LogP contribution is -2.47. The highest BCUT2D eigenvalue weighted by Gasteiger charge is 2.50. The van der Waals surface area contributed by atoms with Crippen LogP contribution >= 0.6 is 0 Å². The Hall–Kier alpha value is -1.24. The summed E-state index contributed by atoms with van der Waals surface area (Å²) in [6, 6.07) is -0.347. The minimum absolute atomic E-state index is 0.189. The van der Waals surface area contributed by atoms with Gasteiger partial charge in [0.1, 0.15) is 12.2 Å². The zero-order valence-corrected chi connectivity index (χ0v) is 10.7. The third kappa shape index (κ3) is 1.96. The summed E-state index contributed by atoms with van der Waals surface area (Å²) in [5.41, 5.74) is 0. The second-order valence-corrected chi connectivity index (χ2v) is 4.36. The lowest BCUT2D eigenvalue weighted by atomic mass is 10.1. The molecule has 18 heavy (non-hydrogen) atoms. The van der Waals surface area contributed by atoms with Crippen molar-refractivity contribution in [2.75, 3.05) is 21.3 Å². The molecule has 100 valence electrons. The van der Waals surface area contributed by atoms with E-state index in [2.05, 4.69) is 0 Å². The van der Waals surface area contributed by atoms with Crippen LogP contribution in [0.1, 0.15) is 6.42 Å². The van der Waals surface area contributed by atoms with Crippen LogP contribution < -0.4 is 0 Å². The van der Waals surface area contributed by atoms with Gasteiger partial charge in [0.2, 0.25) is 0 Å². The zero-order valence-electron chi connectivity index (χ0n) is 10.7. The number of nitrogens with zero attached hydrogens (tertiary/aromatic N) is 1. The first-order valence-corrected chi connectivity index (χ1v) is 5.77. The van der Waals surface area contributed by atoms with Crippen LogP contribution in [0.4, 0.5) is 0 Å². The molecule has 0 aromatic heterocycles. The average Bonchev–Trinajstić information content (AvgIpc) is 2.88. The highest BCUT2D eigenvalue weighted by atomic mass is 16.6. The molecule has 4 unspecified atom stereocenters. The van der Waals surface area contributed by atoms with Crippen molar-refractivity contribution in [2.45, 2.75) is 30.8 Å². The van der Waals surface area contributed by atoms with Crippen LogP contribution in [-0.4, -0.2) is 62.4 Å². The minimum Gasteiger partial charge on any atom is -0.379 e. The molecule has 1 aliphatic carbocycles. The fourth-order valence-corrected chi connectivity index (χ4v) is 2.74. The van der Waals surface area contributed by atoms with Crippen LogP contribution in [0, 0.1) is 0 Å². The molecule has 2 rings (SSSR count). The Kier molecular flexibility index (Phi) is 3.79. The highest BCUT2D eigenvalue weighted by Crippen LogP contribution is 2.32. The molecule has 2 aliphatic rings. The molecule has 1 saturated carbocycles. The van der Waals surface area contributed by atoms with Crippen LogP contribution in [-0.2, 0) is 23.8 Å². The Morgan fingerprint density at radius 1 is 1.00 bits per heavy atom. The topological polar surface area (TPSA) is 65.1 Å². The molecule has 0 aromatic carbocycles. The number of carbonyl (C=O) groups is 2. The lowest BCUT2D eigenvalue weighted by Gasteiger charge is -2.28. The molecule has 1 aliphatic heterocycles. The number of amides is 2. The standard InChI is InChI=1S/C12H17NO5/c1-16-8-6-7(11(17-2)12(8)18-3)13-9(14)4-5-10(13)15/h4-5,7-8,11-12H,6H2,1-3H3. The SMILES string of the molecule is COC1CC(N2C(=O)C=CC2=O)C(OC)C1OC. The van der Waals surface area contributed by atoms with E-state index in [1.165, 1.54) is 17.1 Å². The molecule has 1 heterocycles. The van der Waals surface area contributed by atoms with Gasteiger partial charge in [0.05, 0.1) is 12.1 Å². The monoisotopic (exact) mass is 255 g/mol. The van der Waals surface area contributed by atoms with Crippen LogP contribution in [0.3, 0.4) is 0 Å². The second kappa shape index (κ2) is 5.17. The molecule has 0 radical (unpaired) electrons. The van der Waals surface area contributed by atoms with Crippen LogP contribution in [0.2, 0.25) is 0 Å². The summed E-state index contributed by atoms with van der Waals surface area (Å²) in [5, 5.41) is 0. The van der Waals surface area contributed by atoms with Gasteiger partial charge in [-0.3, -0.25) is 14.5 Å². The summed E-state index contributed by atoms with van der Waals surface area (Å²) in [5.74, 6) is -0.614. The molecule has 4 atom stereocenters. The van der Waals surface area contributed by atoms with Crippen molar-refractivity contribution in [3.63, 3.8) is 0 Å². The summed E-state index contributed by atoms with van der Waals surface area (Å²) in [4.78, 5) is 24.6. The maximum absolute atomic E-state index is 11.7. The Labute approximate surface area is 105 Å². The largest absolute Gasteiger partial charge is 0.379 e. The van der Waals surface area contributed by atoms with Crippen molar-refractivity contribution in [1.29, 1.82) is 0 Å². The number of hydrogen-bond acceptors (Lipinski definition) is 5. The second-order valence-electron chi connectivity index (χ2n) is 4.36. The maximum atomic E-state index is 11.7. The first kappa shape index (κ1) is 13.2. The first-order chi connectivity index (χ1) is 8.63. The predicted molar refractivity (Wildman–Crippen MR) is 61.8 cm³/mol. The van der Waals surface area contributed by atoms with Gasteiger partial charge in [0, 0.05) is 33.5 Å². The molecule has 2 amide bonds. The van der Waals surface area contributed by atoms with Crippen LogP contribution in [0.25, 0.3) is 0 Å². The third-order valence-corrected chi connectivity index (χ3v) is 3.57. The fourth-order valence-electron chi connectivity index (χ4n) is 2.74. The van der Waals surface area contributed by atoms with E-state index in [9.17, 15) is 9.59 Å². The number of hydrogen-bond donors (Lipinski definition) is 0. The van der Waals surface area contributed by atoms with Crippen molar-refractivity contribution < 1.29 is 23.8 Å². The average molecular weight is 255 g/mol. The summed E-state index contributed by atoms with van der Waals surface area (Å²) in [6.07, 6.45) is 2.23. The third-order valence-electron chi connectivity index (χ3n) is 3.57. The molecule has 6 heteroatoms. The van der Waals surface area contributed by atoms with Gasteiger partial charge < -0.3 is 14.2 Å². The van der Waals surface area contributed by atoms with Gasteiger partial charge in [0.25, 0.3) is 11.8 Å². The van der Waals surface area contributed by atoms with Gasteiger partial charge >= 0.3 is 0 Å². The van der Waals surface area contributed by atoms with E-state index in [1.807, 2.05) is 0 Å². The van der Waals surface area contributed by atoms with Gasteiger partial charge in [-0.1, -0.05) is 0 Å². The Morgan fingerprint density at radius 3 is 2.00 bits per heavy atom. The summed E-state index contributed by atoms with van der Waals surface area (Å²) >= 11 is 0. The van der Waals surface area contributed by atoms with Gasteiger partial charge in [-0.25, -0.2) is 0 Å². The smallest absolute Gasteiger partial charge is 0.253 e. The quantitative estimate of drug-likeness (QED) is 0.647. The van der Waals surface area contributed by atoms with Gasteiger partial charge in [-0.2, -0.15) is 0 Å². The van der Waals surface area contributed by atoms with E-state index in [-0.39, 0.29) is 36.2 Å². The van der Waals surface area contributed by atoms with Gasteiger partial charge in [-0.05, 0) is 6.42 Å². The van der Waals surface area contributed by atoms with E-state index < -0.39 is 0 Å². The van der Waals surface area contributed by atoms with E-state index in [0.717, 1.165) is 0 Å². The van der Waals surface area contributed by atoms with E-state index in [4.69, 9.17) is 14.2 Å². The molecular formula is C12H17NO5. The number of methoxy groups -OCH3 is 3.